The average molecular weight is 422 g/mol. The Morgan fingerprint density at radius 3 is 2.74 bits per heavy atom. The summed E-state index contributed by atoms with van der Waals surface area (Å²) in [6.07, 6.45) is 1.53. The summed E-state index contributed by atoms with van der Waals surface area (Å²) in [5, 5.41) is 0.763. The van der Waals surface area contributed by atoms with Gasteiger partial charge in [0.25, 0.3) is 5.92 Å². The van der Waals surface area contributed by atoms with Crippen molar-refractivity contribution in [1.29, 1.82) is 0 Å². The van der Waals surface area contributed by atoms with Gasteiger partial charge in [0.2, 0.25) is 0 Å². The van der Waals surface area contributed by atoms with Crippen molar-refractivity contribution in [3.8, 4) is 0 Å². The van der Waals surface area contributed by atoms with E-state index < -0.39 is 5.92 Å². The van der Waals surface area contributed by atoms with E-state index in [4.69, 9.17) is 11.6 Å². The summed E-state index contributed by atoms with van der Waals surface area (Å²) in [6.45, 7) is 13.1. The summed E-state index contributed by atoms with van der Waals surface area (Å²) in [5.74, 6) is -1.42. The van der Waals surface area contributed by atoms with Crippen LogP contribution < -0.4 is 10.4 Å². The molecule has 3 aromatic rings. The van der Waals surface area contributed by atoms with E-state index in [0.29, 0.717) is 17.0 Å². The first-order chi connectivity index (χ1) is 14.7. The van der Waals surface area contributed by atoms with Crippen molar-refractivity contribution in [2.45, 2.75) is 39.2 Å². The maximum atomic E-state index is 13.7. The van der Waals surface area contributed by atoms with Gasteiger partial charge in [-0.1, -0.05) is 18.2 Å². The smallest absolute Gasteiger partial charge is 0.266 e. The lowest BCUT2D eigenvalue weighted by Gasteiger charge is -2.18. The fraction of sp³-hybridized carbons (Fsp3) is 0.391. The van der Waals surface area contributed by atoms with Gasteiger partial charge in [0.15, 0.2) is 11.2 Å². The van der Waals surface area contributed by atoms with Crippen LogP contribution in [0.5, 0.6) is 0 Å². The molecule has 160 valence electrons. The number of fused-ring (bicyclic) bond motifs is 1. The molecule has 3 heterocycles. The highest BCUT2D eigenvalue weighted by atomic mass is 19.3. The molecular weight excluding hydrogens is 398 g/mol. The molecule has 0 saturated carbocycles. The number of hydrogen-bond acceptors (Lipinski definition) is 4. The third-order valence-electron chi connectivity index (χ3n) is 5.95. The zero-order chi connectivity index (χ0) is 22.3. The maximum Gasteiger partial charge on any atom is 0.266 e. The third-order valence-corrected chi connectivity index (χ3v) is 5.95. The van der Waals surface area contributed by atoms with Crippen molar-refractivity contribution in [1.82, 2.24) is 14.5 Å². The van der Waals surface area contributed by atoms with E-state index in [9.17, 15) is 8.78 Å². The van der Waals surface area contributed by atoms with Gasteiger partial charge in [-0.15, -0.1) is 0 Å². The van der Waals surface area contributed by atoms with Crippen LogP contribution in [0.15, 0.2) is 35.5 Å². The van der Waals surface area contributed by atoms with E-state index in [0.717, 1.165) is 27.9 Å². The molecule has 0 N–H and O–H groups in total. The van der Waals surface area contributed by atoms with E-state index in [2.05, 4.69) is 14.8 Å². The number of nitrogens with zero attached hydrogens (tertiary/aromatic N) is 6. The fourth-order valence-corrected chi connectivity index (χ4v) is 4.02. The van der Waals surface area contributed by atoms with Gasteiger partial charge in [0, 0.05) is 25.4 Å². The van der Waals surface area contributed by atoms with Gasteiger partial charge >= 0.3 is 0 Å². The molecule has 1 atom stereocenters. The van der Waals surface area contributed by atoms with Gasteiger partial charge in [0.1, 0.15) is 11.6 Å². The minimum atomic E-state index is -2.69. The second kappa shape index (κ2) is 7.73. The molecular formula is C23H24F2N6. The van der Waals surface area contributed by atoms with Gasteiger partial charge in [-0.2, -0.15) is 0 Å². The van der Waals surface area contributed by atoms with Crippen molar-refractivity contribution < 1.29 is 8.78 Å². The van der Waals surface area contributed by atoms with Crippen LogP contribution in [-0.2, 0) is 7.05 Å². The van der Waals surface area contributed by atoms with Crippen molar-refractivity contribution in [2.24, 2.45) is 12.0 Å². The van der Waals surface area contributed by atoms with Crippen molar-refractivity contribution in [3.05, 3.63) is 64.3 Å². The molecule has 0 amide bonds. The highest BCUT2D eigenvalue weighted by Gasteiger charge is 2.38. The monoisotopic (exact) mass is 422 g/mol. The van der Waals surface area contributed by atoms with Crippen LogP contribution >= 0.6 is 0 Å². The Morgan fingerprint density at radius 1 is 1.29 bits per heavy atom. The molecule has 8 heteroatoms. The van der Waals surface area contributed by atoms with Crippen LogP contribution in [0.1, 0.15) is 36.3 Å². The van der Waals surface area contributed by atoms with E-state index >= 15 is 0 Å². The first-order valence-electron chi connectivity index (χ1n) is 10.2. The Bertz CT molecular complexity index is 1270. The predicted octanol–water partition coefficient (Wildman–Crippen LogP) is 4.64. The summed E-state index contributed by atoms with van der Waals surface area (Å²) in [5.41, 5.74) is 3.84. The molecule has 31 heavy (non-hydrogen) atoms. The molecule has 6 nitrogen and oxygen atoms in total. The Labute approximate surface area is 179 Å². The average Bonchev–Trinajstić information content (AvgIpc) is 3.11. The first-order valence-corrected chi connectivity index (χ1v) is 10.2. The number of halogens is 2. The summed E-state index contributed by atoms with van der Waals surface area (Å²) in [6, 6.07) is 7.20. The minimum Gasteiger partial charge on any atom is -0.350 e. The predicted molar refractivity (Wildman–Crippen MR) is 116 cm³/mol. The highest BCUT2D eigenvalue weighted by molar-refractivity contribution is 5.80. The number of anilines is 1. The number of rotatable bonds is 3. The Balaban J connectivity index is 1.86. The quantitative estimate of drug-likeness (QED) is 0.578. The van der Waals surface area contributed by atoms with E-state index in [-0.39, 0.29) is 25.6 Å². The summed E-state index contributed by atoms with van der Waals surface area (Å²) >= 11 is 0. The summed E-state index contributed by atoms with van der Waals surface area (Å²) in [4.78, 5) is 19.2. The minimum absolute atomic E-state index is 0.169. The van der Waals surface area contributed by atoms with Crippen molar-refractivity contribution >= 4 is 22.4 Å². The molecule has 0 aliphatic carbocycles. The largest absolute Gasteiger partial charge is 0.350 e. The van der Waals surface area contributed by atoms with Crippen LogP contribution in [0.2, 0.25) is 0 Å². The Morgan fingerprint density at radius 2 is 2.06 bits per heavy atom. The topological polar surface area (TPSA) is 50.7 Å². The molecule has 1 fully saturated rings. The number of hydrogen-bond donors (Lipinski definition) is 0. The molecule has 0 spiro atoms. The van der Waals surface area contributed by atoms with E-state index in [1.165, 1.54) is 0 Å². The van der Waals surface area contributed by atoms with E-state index in [1.807, 2.05) is 44.5 Å². The summed E-state index contributed by atoms with van der Waals surface area (Å²) in [7, 11) is 1.90. The van der Waals surface area contributed by atoms with Crippen LogP contribution in [0.3, 0.4) is 0 Å². The van der Waals surface area contributed by atoms with Gasteiger partial charge in [-0.3, -0.25) is 4.99 Å². The normalized spacial score (nSPS) is 17.2. The molecule has 1 aromatic carbocycles. The lowest BCUT2D eigenvalue weighted by Crippen LogP contribution is -2.26. The second-order valence-electron chi connectivity index (χ2n) is 8.04. The zero-order valence-corrected chi connectivity index (χ0v) is 18.0. The van der Waals surface area contributed by atoms with Gasteiger partial charge in [-0.05, 0) is 38.0 Å². The molecule has 0 unspecified atom stereocenters. The molecule has 1 aliphatic rings. The molecule has 1 saturated heterocycles. The van der Waals surface area contributed by atoms with Crippen molar-refractivity contribution in [3.63, 3.8) is 0 Å². The summed E-state index contributed by atoms with van der Waals surface area (Å²) < 4.78 is 29.4. The number of aryl methyl sites for hydroxylation is 2. The molecule has 0 bridgehead atoms. The van der Waals surface area contributed by atoms with Gasteiger partial charge < -0.3 is 9.47 Å². The Kier molecular flexibility index (Phi) is 5.21. The van der Waals surface area contributed by atoms with Crippen LogP contribution in [-0.4, -0.2) is 33.5 Å². The van der Waals surface area contributed by atoms with Crippen LogP contribution in [0, 0.1) is 20.4 Å². The highest BCUT2D eigenvalue weighted by Crippen LogP contribution is 2.31. The van der Waals surface area contributed by atoms with Crippen LogP contribution in [0.25, 0.3) is 15.7 Å². The number of aromatic nitrogens is 3. The van der Waals surface area contributed by atoms with Crippen LogP contribution in [0.4, 0.5) is 20.3 Å². The van der Waals surface area contributed by atoms with Crippen molar-refractivity contribution in [2.75, 3.05) is 18.0 Å². The standard InChI is InChI=1S/C23H24F2N6/c1-14-17(7-6-8-19(14)26-4)15(2)28-22-18-11-21(31-10-9-23(24,25)13-31)27-12-20(18)30(5)16(3)29-22/h6-8,11-12,15H,9-10,13H2,1-3,5H3/t15-/m1/s1. The third kappa shape index (κ3) is 3.88. The lowest BCUT2D eigenvalue weighted by atomic mass is 10.0. The molecule has 2 aromatic heterocycles. The number of benzene rings is 1. The number of pyridine rings is 1. The van der Waals surface area contributed by atoms with Gasteiger partial charge in [-0.25, -0.2) is 23.6 Å². The maximum absolute atomic E-state index is 13.7. The fourth-order valence-electron chi connectivity index (χ4n) is 4.02. The molecule has 0 radical (unpaired) electrons. The zero-order valence-electron chi connectivity index (χ0n) is 18.0. The second-order valence-corrected chi connectivity index (χ2v) is 8.04. The SMILES string of the molecule is [C-]#[N+]c1cccc([C@@H](C)N=c2nc(C)n(C)c3cnc(N4CCC(F)(F)C4)cc23)c1C. The van der Waals surface area contributed by atoms with E-state index in [1.54, 1.807) is 23.2 Å². The van der Waals surface area contributed by atoms with Gasteiger partial charge in [0.05, 0.1) is 30.9 Å². The number of alkyl halides is 2. The lowest BCUT2D eigenvalue weighted by molar-refractivity contribution is 0.0256. The molecule has 1 aliphatic heterocycles. The molecule has 4 rings (SSSR count). The first kappa shape index (κ1) is 20.9. The Hall–Kier alpha value is -3.34.